The second kappa shape index (κ2) is 15.7. The van der Waals surface area contributed by atoms with Crippen molar-refractivity contribution in [1.29, 1.82) is 0 Å². The van der Waals surface area contributed by atoms with Crippen molar-refractivity contribution in [1.82, 2.24) is 0 Å². The van der Waals surface area contributed by atoms with Crippen LogP contribution in [0.5, 0.6) is 0 Å². The maximum atomic E-state index is 8.07. The molecule has 0 unspecified atom stereocenters. The highest BCUT2D eigenvalue weighted by Crippen LogP contribution is 1.78. The summed E-state index contributed by atoms with van der Waals surface area (Å²) in [5.74, 6) is 0. The smallest absolute Gasteiger partial charge is 0.0430 e. The Kier molecular flexibility index (Phi) is 20.3. The molecule has 0 saturated carbocycles. The quantitative estimate of drug-likeness (QED) is 0.495. The van der Waals surface area contributed by atoms with Crippen LogP contribution in [0.15, 0.2) is 0 Å². The first-order chi connectivity index (χ1) is 4.33. The Hall–Kier alpha value is -0.120. The molecular weight excluding hydrogens is 116 g/mol. The van der Waals surface area contributed by atoms with Crippen LogP contribution >= 0.6 is 0 Å². The minimum Gasteiger partial charge on any atom is -0.396 e. The van der Waals surface area contributed by atoms with Crippen molar-refractivity contribution in [3.8, 4) is 0 Å². The third kappa shape index (κ3) is 32.8. The highest BCUT2D eigenvalue weighted by molar-refractivity contribution is 4.26. The summed E-state index contributed by atoms with van der Waals surface area (Å²) in [4.78, 5) is 0. The predicted octanol–water partition coefficient (Wildman–Crippen LogP) is -0.317. The van der Waals surface area contributed by atoms with Gasteiger partial charge in [-0.2, -0.15) is 0 Å². The molecule has 58 valence electrons. The molecule has 0 amide bonds. The maximum absolute atomic E-state index is 8.07. The van der Waals surface area contributed by atoms with Crippen LogP contribution in [0.1, 0.15) is 19.8 Å². The zero-order valence-electron chi connectivity index (χ0n) is 6.14. The van der Waals surface area contributed by atoms with Crippen molar-refractivity contribution in [2.24, 2.45) is 11.5 Å². The molecule has 0 aliphatic carbocycles. The Bertz CT molecular complexity index is 30.2. The molecular formula is C6H18N2O. The monoisotopic (exact) mass is 134 g/mol. The fourth-order valence-electron chi connectivity index (χ4n) is 0.158. The van der Waals surface area contributed by atoms with Crippen molar-refractivity contribution in [3.05, 3.63) is 0 Å². The molecule has 5 N–H and O–H groups in total. The van der Waals surface area contributed by atoms with Gasteiger partial charge in [0.25, 0.3) is 0 Å². The van der Waals surface area contributed by atoms with Gasteiger partial charge in [0, 0.05) is 19.7 Å². The zero-order chi connectivity index (χ0) is 7.54. The molecule has 0 bridgehead atoms. The van der Waals surface area contributed by atoms with Crippen LogP contribution < -0.4 is 11.5 Å². The lowest BCUT2D eigenvalue weighted by Crippen LogP contribution is -2.11. The van der Waals surface area contributed by atoms with E-state index in [1.807, 2.05) is 0 Å². The van der Waals surface area contributed by atoms with E-state index in [9.17, 15) is 0 Å². The average molecular weight is 134 g/mol. The van der Waals surface area contributed by atoms with Gasteiger partial charge < -0.3 is 16.6 Å². The van der Waals surface area contributed by atoms with Crippen LogP contribution in [0.2, 0.25) is 0 Å². The van der Waals surface area contributed by atoms with Gasteiger partial charge >= 0.3 is 0 Å². The molecule has 3 nitrogen and oxygen atoms in total. The van der Waals surface area contributed by atoms with Gasteiger partial charge in [-0.1, -0.05) is 13.3 Å². The Morgan fingerprint density at radius 3 is 1.67 bits per heavy atom. The third-order valence-electron chi connectivity index (χ3n) is 0.678. The van der Waals surface area contributed by atoms with Crippen molar-refractivity contribution < 1.29 is 5.11 Å². The van der Waals surface area contributed by atoms with Crippen LogP contribution in [-0.2, 0) is 0 Å². The standard InChI is InChI=1S/C4H10O.C2H8N2/c1-2-3-4-5;3-1-2-4/h5H,2-4H2,1H3;1-4H2. The summed E-state index contributed by atoms with van der Waals surface area (Å²) in [6, 6.07) is 0. The van der Waals surface area contributed by atoms with Gasteiger partial charge in [0.15, 0.2) is 0 Å². The number of hydrogen-bond acceptors (Lipinski definition) is 3. The van der Waals surface area contributed by atoms with Gasteiger partial charge in [0.05, 0.1) is 0 Å². The van der Waals surface area contributed by atoms with Crippen LogP contribution in [0.4, 0.5) is 0 Å². The molecule has 0 atom stereocenters. The minimum atomic E-state index is 0.344. The molecule has 0 fully saturated rings. The van der Waals surface area contributed by atoms with Gasteiger partial charge in [-0.05, 0) is 6.42 Å². The fraction of sp³-hybridized carbons (Fsp3) is 1.00. The third-order valence-corrected chi connectivity index (χ3v) is 0.678. The minimum absolute atomic E-state index is 0.344. The summed E-state index contributed by atoms with van der Waals surface area (Å²) in [6.45, 7) is 3.59. The van der Waals surface area contributed by atoms with Gasteiger partial charge in [-0.25, -0.2) is 0 Å². The topological polar surface area (TPSA) is 72.3 Å². The molecule has 0 aromatic rings. The Morgan fingerprint density at radius 2 is 1.67 bits per heavy atom. The number of nitrogens with two attached hydrogens (primary N) is 2. The molecule has 0 spiro atoms. The van der Waals surface area contributed by atoms with E-state index >= 15 is 0 Å². The predicted molar refractivity (Wildman–Crippen MR) is 40.1 cm³/mol. The first kappa shape index (κ1) is 11.6. The molecule has 9 heavy (non-hydrogen) atoms. The molecule has 0 aliphatic rings. The van der Waals surface area contributed by atoms with Crippen molar-refractivity contribution in [3.63, 3.8) is 0 Å². The second-order valence-corrected chi connectivity index (χ2v) is 1.65. The molecule has 3 heteroatoms. The lowest BCUT2D eigenvalue weighted by atomic mass is 10.4. The number of rotatable bonds is 3. The normalized spacial score (nSPS) is 8.00. The van der Waals surface area contributed by atoms with E-state index in [2.05, 4.69) is 6.92 Å². The Morgan fingerprint density at radius 1 is 1.22 bits per heavy atom. The highest BCUT2D eigenvalue weighted by atomic mass is 16.2. The zero-order valence-corrected chi connectivity index (χ0v) is 6.14. The Labute approximate surface area is 57.0 Å². The molecule has 0 aromatic heterocycles. The lowest BCUT2D eigenvalue weighted by Gasteiger charge is -1.79. The summed E-state index contributed by atoms with van der Waals surface area (Å²) in [5.41, 5.74) is 9.81. The summed E-state index contributed by atoms with van der Waals surface area (Å²) in [5, 5.41) is 8.07. The van der Waals surface area contributed by atoms with E-state index < -0.39 is 0 Å². The van der Waals surface area contributed by atoms with E-state index in [1.165, 1.54) is 0 Å². The van der Waals surface area contributed by atoms with E-state index in [0.29, 0.717) is 19.7 Å². The summed E-state index contributed by atoms with van der Waals surface area (Å²) >= 11 is 0. The average Bonchev–Trinajstić information content (AvgIpc) is 1.91. The molecule has 0 rings (SSSR count). The highest BCUT2D eigenvalue weighted by Gasteiger charge is 1.69. The van der Waals surface area contributed by atoms with E-state index in [1.54, 1.807) is 0 Å². The van der Waals surface area contributed by atoms with Gasteiger partial charge in [-0.3, -0.25) is 0 Å². The molecule has 0 radical (unpaired) electrons. The van der Waals surface area contributed by atoms with Gasteiger partial charge in [-0.15, -0.1) is 0 Å². The van der Waals surface area contributed by atoms with Crippen molar-refractivity contribution >= 4 is 0 Å². The maximum Gasteiger partial charge on any atom is 0.0430 e. The van der Waals surface area contributed by atoms with Crippen molar-refractivity contribution in [2.75, 3.05) is 19.7 Å². The van der Waals surface area contributed by atoms with E-state index in [0.717, 1.165) is 12.8 Å². The number of aliphatic hydroxyl groups excluding tert-OH is 1. The lowest BCUT2D eigenvalue weighted by molar-refractivity contribution is 0.287. The fourth-order valence-corrected chi connectivity index (χ4v) is 0.158. The van der Waals surface area contributed by atoms with Crippen molar-refractivity contribution in [2.45, 2.75) is 19.8 Å². The van der Waals surface area contributed by atoms with Crippen LogP contribution in [-0.4, -0.2) is 24.8 Å². The van der Waals surface area contributed by atoms with E-state index in [-0.39, 0.29) is 0 Å². The number of aliphatic hydroxyl groups is 1. The number of unbranched alkanes of at least 4 members (excludes halogenated alkanes) is 1. The van der Waals surface area contributed by atoms with Crippen LogP contribution in [0.25, 0.3) is 0 Å². The SMILES string of the molecule is CCCCO.NCCN. The molecule has 0 saturated heterocycles. The van der Waals surface area contributed by atoms with Gasteiger partial charge in [0.1, 0.15) is 0 Å². The Balaban J connectivity index is 0. The molecule has 0 heterocycles. The van der Waals surface area contributed by atoms with Crippen LogP contribution in [0.3, 0.4) is 0 Å². The second-order valence-electron chi connectivity index (χ2n) is 1.65. The first-order valence-corrected chi connectivity index (χ1v) is 3.34. The summed E-state index contributed by atoms with van der Waals surface area (Å²) < 4.78 is 0. The summed E-state index contributed by atoms with van der Waals surface area (Å²) in [7, 11) is 0. The largest absolute Gasteiger partial charge is 0.396 e. The summed E-state index contributed by atoms with van der Waals surface area (Å²) in [6.07, 6.45) is 2.04. The van der Waals surface area contributed by atoms with E-state index in [4.69, 9.17) is 16.6 Å². The molecule has 0 aromatic carbocycles. The van der Waals surface area contributed by atoms with Gasteiger partial charge in [0.2, 0.25) is 0 Å². The number of hydrogen-bond donors (Lipinski definition) is 3. The first-order valence-electron chi connectivity index (χ1n) is 3.34. The molecule has 0 aliphatic heterocycles. The van der Waals surface area contributed by atoms with Crippen LogP contribution in [0, 0.1) is 0 Å².